The molecule has 4 nitrogen and oxygen atoms in total. The fourth-order valence-electron chi connectivity index (χ4n) is 3.23. The maximum atomic E-state index is 11.5. The van der Waals surface area contributed by atoms with Crippen LogP contribution in [0.15, 0.2) is 59.5 Å². The van der Waals surface area contributed by atoms with Gasteiger partial charge in [-0.2, -0.15) is 0 Å². The van der Waals surface area contributed by atoms with Crippen molar-refractivity contribution >= 4 is 11.8 Å². The van der Waals surface area contributed by atoms with Crippen molar-refractivity contribution in [3.8, 4) is 0 Å². The Kier molecular flexibility index (Phi) is 4.98. The Hall–Kier alpha value is -1.85. The second-order valence-electron chi connectivity index (χ2n) is 5.91. The van der Waals surface area contributed by atoms with E-state index in [9.17, 15) is 10.1 Å². The smallest absolute Gasteiger partial charge is 0.233 e. The Morgan fingerprint density at radius 3 is 2.43 bits per heavy atom. The van der Waals surface area contributed by atoms with Gasteiger partial charge in [-0.3, -0.25) is 15.0 Å². The number of nitrogens with zero attached hydrogens (tertiary/aromatic N) is 2. The molecule has 0 spiro atoms. The van der Waals surface area contributed by atoms with Gasteiger partial charge in [0.05, 0.1) is 12.5 Å². The number of hydrogen-bond acceptors (Lipinski definition) is 4. The molecule has 0 bridgehead atoms. The summed E-state index contributed by atoms with van der Waals surface area (Å²) in [6.07, 6.45) is 2.03. The summed E-state index contributed by atoms with van der Waals surface area (Å²) in [7, 11) is 0. The molecule has 1 aliphatic rings. The third-order valence-electron chi connectivity index (χ3n) is 4.43. The van der Waals surface area contributed by atoms with E-state index in [0.29, 0.717) is 6.54 Å². The molecule has 1 fully saturated rings. The Labute approximate surface area is 140 Å². The van der Waals surface area contributed by atoms with E-state index in [1.165, 1.54) is 10.5 Å². The molecule has 0 N–H and O–H groups in total. The Bertz CT molecular complexity index is 660. The maximum Gasteiger partial charge on any atom is 0.233 e. The van der Waals surface area contributed by atoms with Gasteiger partial charge in [0.2, 0.25) is 6.04 Å². The van der Waals surface area contributed by atoms with Gasteiger partial charge in [-0.1, -0.05) is 42.5 Å². The van der Waals surface area contributed by atoms with Gasteiger partial charge in [-0.25, -0.2) is 0 Å². The highest BCUT2D eigenvalue weighted by Gasteiger charge is 2.41. The fraction of sp³-hybridized carbons (Fsp3) is 0.333. The minimum absolute atomic E-state index is 0.0374. The predicted molar refractivity (Wildman–Crippen MR) is 93.5 cm³/mol. The predicted octanol–water partition coefficient (Wildman–Crippen LogP) is 3.65. The first-order valence-electron chi connectivity index (χ1n) is 7.71. The van der Waals surface area contributed by atoms with Crippen LogP contribution in [0.4, 0.5) is 0 Å². The first-order chi connectivity index (χ1) is 11.2. The van der Waals surface area contributed by atoms with E-state index in [1.54, 1.807) is 11.8 Å². The van der Waals surface area contributed by atoms with E-state index in [-0.39, 0.29) is 10.8 Å². The van der Waals surface area contributed by atoms with Gasteiger partial charge < -0.3 is 0 Å². The van der Waals surface area contributed by atoms with Crippen LogP contribution >= 0.6 is 11.8 Å². The first kappa shape index (κ1) is 16.0. The van der Waals surface area contributed by atoms with Crippen LogP contribution in [0.1, 0.15) is 17.0 Å². The Balaban J connectivity index is 1.76. The highest BCUT2D eigenvalue weighted by Crippen LogP contribution is 2.31. The molecule has 1 heterocycles. The average molecular weight is 328 g/mol. The molecule has 0 radical (unpaired) electrons. The zero-order chi connectivity index (χ0) is 16.2. The lowest BCUT2D eigenvalue weighted by molar-refractivity contribution is -0.521. The van der Waals surface area contributed by atoms with Crippen molar-refractivity contribution in [3.05, 3.63) is 75.8 Å². The number of thioether (sulfide) groups is 1. The van der Waals surface area contributed by atoms with Crippen molar-refractivity contribution in [2.75, 3.05) is 19.3 Å². The third-order valence-corrected chi connectivity index (χ3v) is 5.17. The summed E-state index contributed by atoms with van der Waals surface area (Å²) < 4.78 is 0. The number of rotatable bonds is 5. The maximum absolute atomic E-state index is 11.5. The summed E-state index contributed by atoms with van der Waals surface area (Å²) >= 11 is 1.69. The first-order valence-corrected chi connectivity index (χ1v) is 8.93. The molecular weight excluding hydrogens is 308 g/mol. The topological polar surface area (TPSA) is 46.4 Å². The molecule has 5 heteroatoms. The molecule has 2 aromatic rings. The second kappa shape index (κ2) is 7.15. The van der Waals surface area contributed by atoms with Gasteiger partial charge in [0.15, 0.2) is 0 Å². The van der Waals surface area contributed by atoms with Crippen LogP contribution in [0.3, 0.4) is 0 Å². The summed E-state index contributed by atoms with van der Waals surface area (Å²) in [5, 5.41) is 11.5. The van der Waals surface area contributed by atoms with Crippen molar-refractivity contribution in [1.29, 1.82) is 0 Å². The van der Waals surface area contributed by atoms with E-state index < -0.39 is 6.04 Å². The number of benzene rings is 2. The van der Waals surface area contributed by atoms with E-state index in [2.05, 4.69) is 29.2 Å². The molecule has 23 heavy (non-hydrogen) atoms. The molecule has 1 saturated heterocycles. The molecule has 1 aliphatic heterocycles. The van der Waals surface area contributed by atoms with Crippen molar-refractivity contribution in [2.45, 2.75) is 23.4 Å². The average Bonchev–Trinajstić information content (AvgIpc) is 3.00. The monoisotopic (exact) mass is 328 g/mol. The van der Waals surface area contributed by atoms with E-state index in [1.807, 2.05) is 36.6 Å². The molecule has 2 atom stereocenters. The summed E-state index contributed by atoms with van der Waals surface area (Å²) in [6.45, 7) is 2.01. The second-order valence-corrected chi connectivity index (χ2v) is 6.79. The summed E-state index contributed by atoms with van der Waals surface area (Å²) in [6, 6.07) is 17.8. The number of nitro groups is 1. The number of hydrogen-bond donors (Lipinski definition) is 0. The molecule has 2 aromatic carbocycles. The van der Waals surface area contributed by atoms with Crippen LogP contribution in [0.5, 0.6) is 0 Å². The molecule has 0 aromatic heterocycles. The van der Waals surface area contributed by atoms with Crippen LogP contribution in [-0.4, -0.2) is 35.2 Å². The van der Waals surface area contributed by atoms with Crippen LogP contribution in [0, 0.1) is 10.1 Å². The van der Waals surface area contributed by atoms with E-state index >= 15 is 0 Å². The van der Waals surface area contributed by atoms with E-state index in [4.69, 9.17) is 0 Å². The molecule has 0 saturated carbocycles. The zero-order valence-electron chi connectivity index (χ0n) is 13.1. The van der Waals surface area contributed by atoms with Gasteiger partial charge in [0.1, 0.15) is 0 Å². The van der Waals surface area contributed by atoms with Crippen molar-refractivity contribution < 1.29 is 4.92 Å². The van der Waals surface area contributed by atoms with Crippen LogP contribution in [-0.2, 0) is 6.54 Å². The van der Waals surface area contributed by atoms with Crippen LogP contribution in [0.25, 0.3) is 0 Å². The Morgan fingerprint density at radius 2 is 1.83 bits per heavy atom. The van der Waals surface area contributed by atoms with Crippen molar-refractivity contribution in [2.24, 2.45) is 0 Å². The molecule has 0 aliphatic carbocycles. The largest absolute Gasteiger partial charge is 0.292 e. The highest BCUT2D eigenvalue weighted by molar-refractivity contribution is 7.98. The van der Waals surface area contributed by atoms with Crippen LogP contribution < -0.4 is 0 Å². The van der Waals surface area contributed by atoms with Crippen molar-refractivity contribution in [3.63, 3.8) is 0 Å². The molecule has 120 valence electrons. The zero-order valence-corrected chi connectivity index (χ0v) is 13.9. The quantitative estimate of drug-likeness (QED) is 0.477. The summed E-state index contributed by atoms with van der Waals surface area (Å²) in [5.41, 5.74) is 2.27. The lowest BCUT2D eigenvalue weighted by atomic mass is 9.95. The highest BCUT2D eigenvalue weighted by atomic mass is 32.2. The van der Waals surface area contributed by atoms with Gasteiger partial charge >= 0.3 is 0 Å². The van der Waals surface area contributed by atoms with Gasteiger partial charge in [0.25, 0.3) is 0 Å². The normalized spacial score (nSPS) is 21.4. The molecule has 2 unspecified atom stereocenters. The minimum atomic E-state index is -0.529. The van der Waals surface area contributed by atoms with Gasteiger partial charge in [0, 0.05) is 22.9 Å². The minimum Gasteiger partial charge on any atom is -0.292 e. The standard InChI is InChI=1S/C18H20N2O2S/c1-23-16-9-7-15(8-10-16)17-12-19(13-18(17)20(21)22)11-14-5-3-2-4-6-14/h2-10,17-18H,11-13H2,1H3. The summed E-state index contributed by atoms with van der Waals surface area (Å²) in [5.74, 6) is -0.0374. The lowest BCUT2D eigenvalue weighted by Gasteiger charge is -2.15. The molecular formula is C18H20N2O2S. The third kappa shape index (κ3) is 3.74. The van der Waals surface area contributed by atoms with E-state index in [0.717, 1.165) is 18.7 Å². The Morgan fingerprint density at radius 1 is 1.13 bits per heavy atom. The van der Waals surface area contributed by atoms with Gasteiger partial charge in [-0.05, 0) is 29.5 Å². The van der Waals surface area contributed by atoms with Gasteiger partial charge in [-0.15, -0.1) is 11.8 Å². The number of likely N-dealkylation sites (tertiary alicyclic amines) is 1. The van der Waals surface area contributed by atoms with Crippen molar-refractivity contribution in [1.82, 2.24) is 4.90 Å². The molecule has 3 rings (SSSR count). The van der Waals surface area contributed by atoms with Crippen LogP contribution in [0.2, 0.25) is 0 Å². The lowest BCUT2D eigenvalue weighted by Crippen LogP contribution is -2.28. The molecule has 0 amide bonds. The summed E-state index contributed by atoms with van der Waals surface area (Å²) in [4.78, 5) is 14.7. The SMILES string of the molecule is CSc1ccc(C2CN(Cc3ccccc3)CC2[N+](=O)[O-])cc1. The fourth-order valence-corrected chi connectivity index (χ4v) is 3.64.